The van der Waals surface area contributed by atoms with E-state index in [0.29, 0.717) is 26.2 Å². The van der Waals surface area contributed by atoms with Gasteiger partial charge in [0.25, 0.3) is 0 Å². The molecular formula is C19H25N3O2. The van der Waals surface area contributed by atoms with Crippen LogP contribution in [-0.4, -0.2) is 40.3 Å². The molecule has 1 fully saturated rings. The number of carbonyl (C=O) groups excluding carboxylic acids is 1. The molecule has 0 bridgehead atoms. The van der Waals surface area contributed by atoms with Crippen LogP contribution >= 0.6 is 0 Å². The second-order valence-electron chi connectivity index (χ2n) is 6.49. The standard InChI is InChI=1S/C19H25N3O2/c1-13-7-5-6-8-16(13)11-18(23)22-9-10-24-12-17(22)19-14(2)20-21(4)15(19)3/h5-8,17H,9-12H2,1-4H3/t17-/m1/s1. The van der Waals surface area contributed by atoms with E-state index in [1.165, 1.54) is 0 Å². The molecule has 3 rings (SSSR count). The maximum atomic E-state index is 13.0. The van der Waals surface area contributed by atoms with Crippen LogP contribution in [0.4, 0.5) is 0 Å². The van der Waals surface area contributed by atoms with Crippen LogP contribution in [0, 0.1) is 20.8 Å². The Balaban J connectivity index is 1.87. The fourth-order valence-corrected chi connectivity index (χ4v) is 3.49. The number of hydrogen-bond acceptors (Lipinski definition) is 3. The number of nitrogens with zero attached hydrogens (tertiary/aromatic N) is 3. The second kappa shape index (κ2) is 6.77. The first-order valence-electron chi connectivity index (χ1n) is 8.41. The molecule has 128 valence electrons. The van der Waals surface area contributed by atoms with Gasteiger partial charge in [0.15, 0.2) is 0 Å². The Morgan fingerprint density at radius 1 is 1.29 bits per heavy atom. The molecule has 0 unspecified atom stereocenters. The first-order valence-corrected chi connectivity index (χ1v) is 8.41. The molecule has 2 heterocycles. The molecule has 1 aromatic carbocycles. The summed E-state index contributed by atoms with van der Waals surface area (Å²) in [4.78, 5) is 14.9. The quantitative estimate of drug-likeness (QED) is 0.870. The van der Waals surface area contributed by atoms with Gasteiger partial charge in [-0.1, -0.05) is 24.3 Å². The number of morpholine rings is 1. The Morgan fingerprint density at radius 3 is 2.71 bits per heavy atom. The number of carbonyl (C=O) groups is 1. The normalized spacial score (nSPS) is 18.0. The first kappa shape index (κ1) is 16.7. The lowest BCUT2D eigenvalue weighted by Gasteiger charge is -2.36. The summed E-state index contributed by atoms with van der Waals surface area (Å²) in [5.41, 5.74) is 5.43. The largest absolute Gasteiger partial charge is 0.377 e. The monoisotopic (exact) mass is 327 g/mol. The number of amides is 1. The van der Waals surface area contributed by atoms with E-state index >= 15 is 0 Å². The SMILES string of the molecule is Cc1ccccc1CC(=O)N1CCOC[C@@H]1c1c(C)nn(C)c1C. The van der Waals surface area contributed by atoms with Gasteiger partial charge in [-0.25, -0.2) is 0 Å². The lowest BCUT2D eigenvalue weighted by molar-refractivity contribution is -0.139. The van der Waals surface area contributed by atoms with Crippen molar-refractivity contribution in [2.24, 2.45) is 7.05 Å². The Bertz CT molecular complexity index is 751. The summed E-state index contributed by atoms with van der Waals surface area (Å²) in [6, 6.07) is 8.02. The van der Waals surface area contributed by atoms with Gasteiger partial charge in [-0.2, -0.15) is 5.10 Å². The van der Waals surface area contributed by atoms with Crippen LogP contribution in [0.3, 0.4) is 0 Å². The minimum absolute atomic E-state index is 0.0519. The van der Waals surface area contributed by atoms with Gasteiger partial charge in [0.05, 0.1) is 31.4 Å². The molecule has 5 nitrogen and oxygen atoms in total. The maximum absolute atomic E-state index is 13.0. The number of aryl methyl sites for hydroxylation is 3. The number of benzene rings is 1. The second-order valence-corrected chi connectivity index (χ2v) is 6.49. The predicted molar refractivity (Wildman–Crippen MR) is 92.8 cm³/mol. The summed E-state index contributed by atoms with van der Waals surface area (Å²) in [6.45, 7) is 7.86. The highest BCUT2D eigenvalue weighted by Crippen LogP contribution is 2.29. The van der Waals surface area contributed by atoms with E-state index in [0.717, 1.165) is 28.1 Å². The minimum atomic E-state index is -0.0519. The zero-order chi connectivity index (χ0) is 17.3. The molecular weight excluding hydrogens is 302 g/mol. The molecule has 1 atom stereocenters. The lowest BCUT2D eigenvalue weighted by Crippen LogP contribution is -2.44. The Kier molecular flexibility index (Phi) is 4.71. The van der Waals surface area contributed by atoms with E-state index in [1.54, 1.807) is 0 Å². The molecule has 0 aliphatic carbocycles. The van der Waals surface area contributed by atoms with E-state index in [2.05, 4.69) is 18.1 Å². The van der Waals surface area contributed by atoms with Crippen molar-refractivity contribution in [1.82, 2.24) is 14.7 Å². The third kappa shape index (κ3) is 3.08. The topological polar surface area (TPSA) is 47.4 Å². The molecule has 0 radical (unpaired) electrons. The molecule has 5 heteroatoms. The molecule has 0 N–H and O–H groups in total. The van der Waals surface area contributed by atoms with Crippen molar-refractivity contribution >= 4 is 5.91 Å². The van der Waals surface area contributed by atoms with Crippen molar-refractivity contribution in [3.05, 3.63) is 52.3 Å². The molecule has 2 aromatic rings. The van der Waals surface area contributed by atoms with Crippen LogP contribution in [-0.2, 0) is 23.0 Å². The summed E-state index contributed by atoms with van der Waals surface area (Å²) in [7, 11) is 1.94. The summed E-state index contributed by atoms with van der Waals surface area (Å²) < 4.78 is 7.56. The van der Waals surface area contributed by atoms with Crippen molar-refractivity contribution in [3.63, 3.8) is 0 Å². The van der Waals surface area contributed by atoms with Crippen LogP contribution in [0.1, 0.15) is 34.1 Å². The van der Waals surface area contributed by atoms with Crippen LogP contribution in [0.25, 0.3) is 0 Å². The van der Waals surface area contributed by atoms with Gasteiger partial charge in [0, 0.05) is 24.8 Å². The van der Waals surface area contributed by atoms with Gasteiger partial charge in [-0.3, -0.25) is 9.48 Å². The summed E-state index contributed by atoms with van der Waals surface area (Å²) in [5.74, 6) is 0.153. The molecule has 24 heavy (non-hydrogen) atoms. The number of hydrogen-bond donors (Lipinski definition) is 0. The molecule has 0 spiro atoms. The minimum Gasteiger partial charge on any atom is -0.377 e. The first-order chi connectivity index (χ1) is 11.5. The highest BCUT2D eigenvalue weighted by Gasteiger charge is 2.32. The van der Waals surface area contributed by atoms with Gasteiger partial charge in [-0.05, 0) is 31.9 Å². The van der Waals surface area contributed by atoms with Crippen LogP contribution in [0.15, 0.2) is 24.3 Å². The van der Waals surface area contributed by atoms with Crippen molar-refractivity contribution in [1.29, 1.82) is 0 Å². The van der Waals surface area contributed by atoms with Gasteiger partial charge in [-0.15, -0.1) is 0 Å². The van der Waals surface area contributed by atoms with E-state index < -0.39 is 0 Å². The molecule has 1 aromatic heterocycles. The lowest BCUT2D eigenvalue weighted by atomic mass is 10.0. The van der Waals surface area contributed by atoms with Crippen molar-refractivity contribution in [2.75, 3.05) is 19.8 Å². The molecule has 1 aliphatic rings. The average Bonchev–Trinajstić information content (AvgIpc) is 2.82. The maximum Gasteiger partial charge on any atom is 0.227 e. The molecule has 0 saturated carbocycles. The van der Waals surface area contributed by atoms with Crippen LogP contribution in [0.2, 0.25) is 0 Å². The third-order valence-corrected chi connectivity index (χ3v) is 4.95. The fourth-order valence-electron chi connectivity index (χ4n) is 3.49. The van der Waals surface area contributed by atoms with E-state index in [1.807, 2.05) is 48.7 Å². The van der Waals surface area contributed by atoms with Gasteiger partial charge in [0.2, 0.25) is 5.91 Å². The van der Waals surface area contributed by atoms with Gasteiger partial charge in [0.1, 0.15) is 0 Å². The number of rotatable bonds is 3. The van der Waals surface area contributed by atoms with E-state index in [9.17, 15) is 4.79 Å². The molecule has 1 amide bonds. The van der Waals surface area contributed by atoms with Crippen LogP contribution < -0.4 is 0 Å². The summed E-state index contributed by atoms with van der Waals surface area (Å²) in [6.07, 6.45) is 0.432. The zero-order valence-electron chi connectivity index (χ0n) is 14.9. The van der Waals surface area contributed by atoms with E-state index in [4.69, 9.17) is 4.74 Å². The van der Waals surface area contributed by atoms with Crippen molar-refractivity contribution in [2.45, 2.75) is 33.2 Å². The third-order valence-electron chi connectivity index (χ3n) is 4.95. The highest BCUT2D eigenvalue weighted by molar-refractivity contribution is 5.79. The van der Waals surface area contributed by atoms with Crippen LogP contribution in [0.5, 0.6) is 0 Å². The Labute approximate surface area is 143 Å². The van der Waals surface area contributed by atoms with Crippen molar-refractivity contribution in [3.8, 4) is 0 Å². The Morgan fingerprint density at radius 2 is 2.04 bits per heavy atom. The summed E-state index contributed by atoms with van der Waals surface area (Å²) in [5, 5.41) is 4.50. The molecule has 1 saturated heterocycles. The number of aromatic nitrogens is 2. The smallest absolute Gasteiger partial charge is 0.227 e. The summed E-state index contributed by atoms with van der Waals surface area (Å²) >= 11 is 0. The predicted octanol–water partition coefficient (Wildman–Crippen LogP) is 2.49. The van der Waals surface area contributed by atoms with Crippen molar-refractivity contribution < 1.29 is 9.53 Å². The van der Waals surface area contributed by atoms with E-state index in [-0.39, 0.29) is 11.9 Å². The van der Waals surface area contributed by atoms with Gasteiger partial charge >= 0.3 is 0 Å². The average molecular weight is 327 g/mol. The molecule has 1 aliphatic heterocycles. The highest BCUT2D eigenvalue weighted by atomic mass is 16.5. The zero-order valence-corrected chi connectivity index (χ0v) is 14.9. The number of ether oxygens (including phenoxy) is 1. The van der Waals surface area contributed by atoms with Gasteiger partial charge < -0.3 is 9.64 Å². The Hall–Kier alpha value is -2.14. The fraction of sp³-hybridized carbons (Fsp3) is 0.474.